The zero-order valence-corrected chi connectivity index (χ0v) is 7.77. The monoisotopic (exact) mass is 183 g/mol. The van der Waals surface area contributed by atoms with Crippen LogP contribution < -0.4 is 5.32 Å². The van der Waals surface area contributed by atoms with E-state index in [-0.39, 0.29) is 0 Å². The highest BCUT2D eigenvalue weighted by Crippen LogP contribution is 2.17. The van der Waals surface area contributed by atoms with E-state index in [0.717, 1.165) is 13.2 Å². The average Bonchev–Trinajstić information content (AvgIpc) is 2.74. The molecule has 2 rings (SSSR count). The summed E-state index contributed by atoms with van der Waals surface area (Å²) in [5.41, 5.74) is 0. The maximum absolute atomic E-state index is 5.49. The minimum absolute atomic E-state index is 0.437. The number of hydrogen-bond acceptors (Lipinski definition) is 3. The average molecular weight is 183 g/mol. The fourth-order valence-electron chi connectivity index (χ4n) is 1.40. The normalized spacial score (nSPS) is 22.8. The third kappa shape index (κ3) is 1.99. The highest BCUT2D eigenvalue weighted by Gasteiger charge is 2.14. The quantitative estimate of drug-likeness (QED) is 0.776. The first kappa shape index (κ1) is 8.08. The van der Waals surface area contributed by atoms with Gasteiger partial charge >= 0.3 is 0 Å². The fraction of sp³-hybridized carbons (Fsp3) is 0.556. The predicted octanol–water partition coefficient (Wildman–Crippen LogP) is 2.34. The molecule has 2 nitrogen and oxygen atoms in total. The van der Waals surface area contributed by atoms with Crippen LogP contribution in [-0.2, 0) is 4.74 Å². The molecule has 3 heteroatoms. The molecule has 1 N–H and O–H groups in total. The molecule has 1 aliphatic rings. The van der Waals surface area contributed by atoms with Crippen LogP contribution in [0.2, 0.25) is 0 Å². The van der Waals surface area contributed by atoms with E-state index < -0.39 is 0 Å². The van der Waals surface area contributed by atoms with E-state index in [0.29, 0.717) is 6.10 Å². The minimum Gasteiger partial charge on any atom is -0.376 e. The Labute approximate surface area is 76.6 Å². The molecule has 0 amide bonds. The van der Waals surface area contributed by atoms with Crippen LogP contribution in [0, 0.1) is 0 Å². The van der Waals surface area contributed by atoms with Crippen LogP contribution >= 0.6 is 11.3 Å². The maximum atomic E-state index is 5.49. The Hall–Kier alpha value is -0.540. The Morgan fingerprint density at radius 3 is 3.33 bits per heavy atom. The van der Waals surface area contributed by atoms with E-state index in [2.05, 4.69) is 22.8 Å². The lowest BCUT2D eigenvalue weighted by atomic mass is 10.2. The summed E-state index contributed by atoms with van der Waals surface area (Å²) in [6, 6.07) is 4.15. The van der Waals surface area contributed by atoms with Gasteiger partial charge in [-0.15, -0.1) is 11.3 Å². The van der Waals surface area contributed by atoms with Crippen molar-refractivity contribution in [2.75, 3.05) is 18.5 Å². The summed E-state index contributed by atoms with van der Waals surface area (Å²) in [5, 5.41) is 6.68. The highest BCUT2D eigenvalue weighted by atomic mass is 32.1. The fourth-order valence-corrected chi connectivity index (χ4v) is 2.03. The molecule has 0 spiro atoms. The van der Waals surface area contributed by atoms with Crippen LogP contribution in [0.4, 0.5) is 5.00 Å². The third-order valence-corrected chi connectivity index (χ3v) is 2.88. The molecule has 1 aromatic heterocycles. The SMILES string of the molecule is c1csc(NCC2CCCO2)c1. The van der Waals surface area contributed by atoms with Gasteiger partial charge in [-0.2, -0.15) is 0 Å². The molecule has 0 aromatic carbocycles. The van der Waals surface area contributed by atoms with E-state index in [1.54, 1.807) is 11.3 Å². The van der Waals surface area contributed by atoms with Crippen LogP contribution in [0.25, 0.3) is 0 Å². The van der Waals surface area contributed by atoms with Crippen molar-refractivity contribution in [2.45, 2.75) is 18.9 Å². The molecule has 0 radical (unpaired) electrons. The van der Waals surface area contributed by atoms with Crippen LogP contribution in [-0.4, -0.2) is 19.3 Å². The molecule has 0 aliphatic carbocycles. The van der Waals surface area contributed by atoms with Crippen LogP contribution in [0.3, 0.4) is 0 Å². The van der Waals surface area contributed by atoms with Crippen molar-refractivity contribution in [3.8, 4) is 0 Å². The van der Waals surface area contributed by atoms with E-state index in [1.807, 2.05) is 0 Å². The topological polar surface area (TPSA) is 21.3 Å². The summed E-state index contributed by atoms with van der Waals surface area (Å²) in [7, 11) is 0. The van der Waals surface area contributed by atoms with E-state index in [1.165, 1.54) is 17.8 Å². The first-order valence-electron chi connectivity index (χ1n) is 4.34. The van der Waals surface area contributed by atoms with Gasteiger partial charge in [0.25, 0.3) is 0 Å². The first-order chi connectivity index (χ1) is 5.95. The summed E-state index contributed by atoms with van der Waals surface area (Å²) in [5.74, 6) is 0. The minimum atomic E-state index is 0.437. The molecular weight excluding hydrogens is 170 g/mol. The summed E-state index contributed by atoms with van der Waals surface area (Å²) >= 11 is 1.74. The van der Waals surface area contributed by atoms with Crippen molar-refractivity contribution < 1.29 is 4.74 Å². The number of anilines is 1. The van der Waals surface area contributed by atoms with Gasteiger partial charge in [0.2, 0.25) is 0 Å². The van der Waals surface area contributed by atoms with Crippen molar-refractivity contribution in [3.05, 3.63) is 17.5 Å². The Balaban J connectivity index is 1.74. The van der Waals surface area contributed by atoms with Crippen LogP contribution in [0.1, 0.15) is 12.8 Å². The lowest BCUT2D eigenvalue weighted by molar-refractivity contribution is 0.120. The van der Waals surface area contributed by atoms with Crippen molar-refractivity contribution in [1.82, 2.24) is 0 Å². The second kappa shape index (κ2) is 3.92. The van der Waals surface area contributed by atoms with Gasteiger partial charge in [-0.25, -0.2) is 0 Å². The molecule has 1 atom stereocenters. The van der Waals surface area contributed by atoms with Gasteiger partial charge in [0, 0.05) is 13.2 Å². The number of hydrogen-bond donors (Lipinski definition) is 1. The van der Waals surface area contributed by atoms with Crippen molar-refractivity contribution in [3.63, 3.8) is 0 Å². The number of thiophene rings is 1. The van der Waals surface area contributed by atoms with Gasteiger partial charge < -0.3 is 10.1 Å². The molecule has 66 valence electrons. The molecule has 1 fully saturated rings. The van der Waals surface area contributed by atoms with Crippen LogP contribution in [0.15, 0.2) is 17.5 Å². The first-order valence-corrected chi connectivity index (χ1v) is 5.22. The Bertz CT molecular complexity index is 216. The lowest BCUT2D eigenvalue weighted by Crippen LogP contribution is -2.17. The largest absolute Gasteiger partial charge is 0.376 e. The molecular formula is C9H13NOS. The summed E-state index contributed by atoms with van der Waals surface area (Å²) in [6.07, 6.45) is 2.86. The van der Waals surface area contributed by atoms with E-state index in [4.69, 9.17) is 4.74 Å². The Kier molecular flexibility index (Phi) is 2.64. The summed E-state index contributed by atoms with van der Waals surface area (Å²) in [4.78, 5) is 0. The highest BCUT2D eigenvalue weighted by molar-refractivity contribution is 7.14. The lowest BCUT2D eigenvalue weighted by Gasteiger charge is -2.09. The smallest absolute Gasteiger partial charge is 0.0883 e. The van der Waals surface area contributed by atoms with Crippen molar-refractivity contribution in [2.24, 2.45) is 0 Å². The second-order valence-corrected chi connectivity index (χ2v) is 3.94. The van der Waals surface area contributed by atoms with Crippen molar-refractivity contribution >= 4 is 16.3 Å². The third-order valence-electron chi connectivity index (χ3n) is 2.05. The van der Waals surface area contributed by atoms with Crippen molar-refractivity contribution in [1.29, 1.82) is 0 Å². The predicted molar refractivity (Wildman–Crippen MR) is 51.8 cm³/mol. The summed E-state index contributed by atoms with van der Waals surface area (Å²) < 4.78 is 5.49. The maximum Gasteiger partial charge on any atom is 0.0883 e. The molecule has 1 unspecified atom stereocenters. The van der Waals surface area contributed by atoms with Gasteiger partial charge in [-0.3, -0.25) is 0 Å². The van der Waals surface area contributed by atoms with Gasteiger partial charge in [0.05, 0.1) is 11.1 Å². The van der Waals surface area contributed by atoms with E-state index in [9.17, 15) is 0 Å². The zero-order chi connectivity index (χ0) is 8.23. The molecule has 2 heterocycles. The summed E-state index contributed by atoms with van der Waals surface area (Å²) in [6.45, 7) is 1.90. The van der Waals surface area contributed by atoms with Gasteiger partial charge in [0.1, 0.15) is 0 Å². The molecule has 0 bridgehead atoms. The Morgan fingerprint density at radius 2 is 2.67 bits per heavy atom. The molecule has 1 aromatic rings. The Morgan fingerprint density at radius 1 is 1.67 bits per heavy atom. The number of rotatable bonds is 3. The van der Waals surface area contributed by atoms with Gasteiger partial charge in [-0.1, -0.05) is 0 Å². The number of nitrogens with one attached hydrogen (secondary N) is 1. The number of ether oxygens (including phenoxy) is 1. The van der Waals surface area contributed by atoms with Gasteiger partial charge in [0.15, 0.2) is 0 Å². The van der Waals surface area contributed by atoms with E-state index >= 15 is 0 Å². The molecule has 1 aliphatic heterocycles. The van der Waals surface area contributed by atoms with Gasteiger partial charge in [-0.05, 0) is 30.4 Å². The standard InChI is InChI=1S/C9H13NOS/c1-3-8(11-5-1)7-10-9-4-2-6-12-9/h2,4,6,8,10H,1,3,5,7H2. The second-order valence-electron chi connectivity index (χ2n) is 2.99. The van der Waals surface area contributed by atoms with Crippen LogP contribution in [0.5, 0.6) is 0 Å². The zero-order valence-electron chi connectivity index (χ0n) is 6.95. The molecule has 1 saturated heterocycles. The molecule has 12 heavy (non-hydrogen) atoms. The molecule has 0 saturated carbocycles.